The molecule has 0 fully saturated rings. The predicted molar refractivity (Wildman–Crippen MR) is 87.6 cm³/mol. The summed E-state index contributed by atoms with van der Waals surface area (Å²) in [5.41, 5.74) is 5.10. The van der Waals surface area contributed by atoms with Crippen molar-refractivity contribution in [2.45, 2.75) is 0 Å². The van der Waals surface area contributed by atoms with E-state index in [0.29, 0.717) is 5.69 Å². The Labute approximate surface area is 129 Å². The molecule has 0 radical (unpaired) electrons. The minimum absolute atomic E-state index is 0.212. The van der Waals surface area contributed by atoms with Gasteiger partial charge in [0.1, 0.15) is 5.69 Å². The third kappa shape index (κ3) is 3.12. The van der Waals surface area contributed by atoms with Gasteiger partial charge in [-0.2, -0.15) is 0 Å². The van der Waals surface area contributed by atoms with Crippen LogP contribution in [-0.4, -0.2) is 10.9 Å². The van der Waals surface area contributed by atoms with E-state index in [0.717, 1.165) is 11.4 Å². The number of hydrogen-bond acceptors (Lipinski definition) is 3. The van der Waals surface area contributed by atoms with Crippen molar-refractivity contribution in [3.8, 4) is 0 Å². The molecule has 1 heterocycles. The molecule has 4 nitrogen and oxygen atoms in total. The Balaban J connectivity index is 1.95. The first-order chi connectivity index (χ1) is 10.8. The number of hydrogen-bond donors (Lipinski definition) is 1. The summed E-state index contributed by atoms with van der Waals surface area (Å²) in [7, 11) is 0. The summed E-state index contributed by atoms with van der Waals surface area (Å²) in [4.78, 5) is 16.9. The summed E-state index contributed by atoms with van der Waals surface area (Å²) >= 11 is 0. The van der Waals surface area contributed by atoms with Gasteiger partial charge in [-0.25, -0.2) is 5.01 Å². The van der Waals surface area contributed by atoms with Crippen molar-refractivity contribution < 1.29 is 4.79 Å². The number of rotatable bonds is 4. The number of carbonyl (C=O) groups is 1. The van der Waals surface area contributed by atoms with Gasteiger partial charge in [-0.05, 0) is 36.4 Å². The van der Waals surface area contributed by atoms with Crippen LogP contribution in [0.4, 0.5) is 11.4 Å². The number of nitrogens with one attached hydrogen (secondary N) is 1. The van der Waals surface area contributed by atoms with Gasteiger partial charge in [0.15, 0.2) is 0 Å². The van der Waals surface area contributed by atoms with Gasteiger partial charge in [-0.3, -0.25) is 15.2 Å². The van der Waals surface area contributed by atoms with Gasteiger partial charge in [0, 0.05) is 6.20 Å². The molecule has 0 atom stereocenters. The molecule has 0 aliphatic heterocycles. The molecule has 0 spiro atoms. The van der Waals surface area contributed by atoms with E-state index in [-0.39, 0.29) is 5.91 Å². The maximum absolute atomic E-state index is 12.8. The number of para-hydroxylation sites is 2. The zero-order valence-corrected chi connectivity index (χ0v) is 11.9. The van der Waals surface area contributed by atoms with Crippen molar-refractivity contribution in [3.63, 3.8) is 0 Å². The number of hydrazine groups is 1. The van der Waals surface area contributed by atoms with Crippen LogP contribution in [0.25, 0.3) is 0 Å². The minimum atomic E-state index is -0.212. The molecule has 22 heavy (non-hydrogen) atoms. The van der Waals surface area contributed by atoms with Gasteiger partial charge in [-0.15, -0.1) is 0 Å². The monoisotopic (exact) mass is 289 g/mol. The topological polar surface area (TPSA) is 45.2 Å². The molecule has 4 heteroatoms. The van der Waals surface area contributed by atoms with Crippen LogP contribution < -0.4 is 10.4 Å². The van der Waals surface area contributed by atoms with E-state index in [1.807, 2.05) is 60.7 Å². The third-order valence-electron chi connectivity index (χ3n) is 3.12. The van der Waals surface area contributed by atoms with E-state index in [1.54, 1.807) is 24.4 Å². The lowest BCUT2D eigenvalue weighted by Crippen LogP contribution is -2.36. The number of benzene rings is 2. The molecule has 1 aromatic heterocycles. The highest BCUT2D eigenvalue weighted by molar-refractivity contribution is 6.05. The second kappa shape index (κ2) is 6.54. The van der Waals surface area contributed by atoms with Crippen molar-refractivity contribution in [2.24, 2.45) is 0 Å². The molecular weight excluding hydrogens is 274 g/mol. The zero-order valence-electron chi connectivity index (χ0n) is 11.9. The number of nitrogens with zero attached hydrogens (tertiary/aromatic N) is 2. The van der Waals surface area contributed by atoms with E-state index in [4.69, 9.17) is 0 Å². The van der Waals surface area contributed by atoms with E-state index in [2.05, 4.69) is 10.4 Å². The highest BCUT2D eigenvalue weighted by Gasteiger charge is 2.18. The van der Waals surface area contributed by atoms with Crippen molar-refractivity contribution >= 4 is 17.3 Å². The van der Waals surface area contributed by atoms with Crippen LogP contribution in [0.1, 0.15) is 10.5 Å². The highest BCUT2D eigenvalue weighted by Crippen LogP contribution is 2.18. The van der Waals surface area contributed by atoms with E-state index >= 15 is 0 Å². The Morgan fingerprint density at radius 3 is 2.09 bits per heavy atom. The normalized spacial score (nSPS) is 10.0. The number of amides is 1. The van der Waals surface area contributed by atoms with Crippen molar-refractivity contribution in [1.29, 1.82) is 0 Å². The van der Waals surface area contributed by atoms with Crippen LogP contribution in [-0.2, 0) is 0 Å². The Kier molecular flexibility index (Phi) is 4.11. The van der Waals surface area contributed by atoms with Crippen LogP contribution >= 0.6 is 0 Å². The molecule has 1 N–H and O–H groups in total. The summed E-state index contributed by atoms with van der Waals surface area (Å²) in [5, 5.41) is 1.50. The average Bonchev–Trinajstić information content (AvgIpc) is 2.61. The smallest absolute Gasteiger partial charge is 0.291 e. The maximum atomic E-state index is 12.8. The maximum Gasteiger partial charge on any atom is 0.295 e. The van der Waals surface area contributed by atoms with Crippen LogP contribution in [0, 0.1) is 0 Å². The Hall–Kier alpha value is -3.14. The fourth-order valence-electron chi connectivity index (χ4n) is 2.06. The van der Waals surface area contributed by atoms with E-state index in [9.17, 15) is 4.79 Å². The summed E-state index contributed by atoms with van der Waals surface area (Å²) in [6.45, 7) is 0. The molecule has 0 bridgehead atoms. The summed E-state index contributed by atoms with van der Waals surface area (Å²) in [6, 6.07) is 24.3. The van der Waals surface area contributed by atoms with Crippen molar-refractivity contribution in [1.82, 2.24) is 4.98 Å². The molecule has 0 aliphatic carbocycles. The Bertz CT molecular complexity index is 730. The number of carbonyl (C=O) groups excluding carboxylic acids is 1. The van der Waals surface area contributed by atoms with Gasteiger partial charge in [0.25, 0.3) is 5.91 Å². The summed E-state index contributed by atoms with van der Waals surface area (Å²) < 4.78 is 0. The molecule has 0 saturated heterocycles. The van der Waals surface area contributed by atoms with Crippen LogP contribution in [0.15, 0.2) is 85.1 Å². The van der Waals surface area contributed by atoms with Gasteiger partial charge in [0.05, 0.1) is 11.4 Å². The standard InChI is InChI=1S/C18H15N3O/c22-18(17-13-7-8-14-19-17)21(16-11-5-2-6-12-16)20-15-9-3-1-4-10-15/h1-14,20H. The first-order valence-corrected chi connectivity index (χ1v) is 6.97. The Morgan fingerprint density at radius 2 is 1.45 bits per heavy atom. The second-order valence-electron chi connectivity index (χ2n) is 4.67. The van der Waals surface area contributed by atoms with Gasteiger partial charge >= 0.3 is 0 Å². The van der Waals surface area contributed by atoms with Gasteiger partial charge in [-0.1, -0.05) is 42.5 Å². The summed E-state index contributed by atoms with van der Waals surface area (Å²) in [6.07, 6.45) is 1.61. The Morgan fingerprint density at radius 1 is 0.818 bits per heavy atom. The number of pyridine rings is 1. The zero-order chi connectivity index (χ0) is 15.2. The minimum Gasteiger partial charge on any atom is -0.291 e. The van der Waals surface area contributed by atoms with Crippen LogP contribution in [0.5, 0.6) is 0 Å². The van der Waals surface area contributed by atoms with E-state index < -0.39 is 0 Å². The fraction of sp³-hybridized carbons (Fsp3) is 0. The van der Waals surface area contributed by atoms with Crippen molar-refractivity contribution in [3.05, 3.63) is 90.8 Å². The molecule has 0 unspecified atom stereocenters. The first-order valence-electron chi connectivity index (χ1n) is 6.97. The predicted octanol–water partition coefficient (Wildman–Crippen LogP) is 3.76. The molecule has 2 aromatic carbocycles. The SMILES string of the molecule is O=C(c1ccccn1)N(Nc1ccccc1)c1ccccc1. The number of aromatic nitrogens is 1. The highest BCUT2D eigenvalue weighted by atomic mass is 16.2. The van der Waals surface area contributed by atoms with Crippen LogP contribution in [0.3, 0.4) is 0 Å². The average molecular weight is 289 g/mol. The lowest BCUT2D eigenvalue weighted by molar-refractivity contribution is 0.0988. The summed E-state index contributed by atoms with van der Waals surface area (Å²) in [5.74, 6) is -0.212. The molecule has 1 amide bonds. The quantitative estimate of drug-likeness (QED) is 0.744. The molecular formula is C18H15N3O. The second-order valence-corrected chi connectivity index (χ2v) is 4.67. The lowest BCUT2D eigenvalue weighted by Gasteiger charge is -2.24. The van der Waals surface area contributed by atoms with E-state index in [1.165, 1.54) is 5.01 Å². The van der Waals surface area contributed by atoms with Crippen molar-refractivity contribution in [2.75, 3.05) is 10.4 Å². The van der Waals surface area contributed by atoms with Gasteiger partial charge in [0.2, 0.25) is 0 Å². The molecule has 0 saturated carbocycles. The third-order valence-corrected chi connectivity index (χ3v) is 3.12. The molecule has 0 aliphatic rings. The molecule has 3 rings (SSSR count). The lowest BCUT2D eigenvalue weighted by atomic mass is 10.2. The fourth-order valence-corrected chi connectivity index (χ4v) is 2.06. The molecule has 108 valence electrons. The van der Waals surface area contributed by atoms with Crippen LogP contribution in [0.2, 0.25) is 0 Å². The first kappa shape index (κ1) is 13.8. The van der Waals surface area contributed by atoms with Gasteiger partial charge < -0.3 is 0 Å². The number of anilines is 2. The molecule has 3 aromatic rings. The largest absolute Gasteiger partial charge is 0.295 e.